The van der Waals surface area contributed by atoms with Crippen LogP contribution in [0.4, 0.5) is 5.95 Å². The van der Waals surface area contributed by atoms with Gasteiger partial charge in [0.25, 0.3) is 0 Å². The van der Waals surface area contributed by atoms with Gasteiger partial charge in [-0.1, -0.05) is 0 Å². The van der Waals surface area contributed by atoms with Crippen molar-refractivity contribution < 1.29 is 13.5 Å². The highest BCUT2D eigenvalue weighted by Crippen LogP contribution is 2.16. The summed E-state index contributed by atoms with van der Waals surface area (Å²) in [7, 11) is -3.67. The van der Waals surface area contributed by atoms with Crippen LogP contribution < -0.4 is 5.32 Å². The van der Waals surface area contributed by atoms with Crippen LogP contribution in [0.2, 0.25) is 0 Å². The highest BCUT2D eigenvalue weighted by Gasteiger charge is 2.27. The molecule has 1 heterocycles. The van der Waals surface area contributed by atoms with Gasteiger partial charge in [0, 0.05) is 19.1 Å². The van der Waals surface area contributed by atoms with Gasteiger partial charge in [0.05, 0.1) is 19.0 Å². The second kappa shape index (κ2) is 6.78. The molecule has 2 N–H and O–H groups in total. The smallest absolute Gasteiger partial charge is 0.246 e. The lowest BCUT2D eigenvalue weighted by atomic mass is 10.4. The van der Waals surface area contributed by atoms with Gasteiger partial charge in [0.2, 0.25) is 16.0 Å². The first-order valence-corrected chi connectivity index (χ1v) is 7.56. The van der Waals surface area contributed by atoms with E-state index in [1.165, 1.54) is 16.7 Å². The molecule has 0 aromatic carbocycles. The van der Waals surface area contributed by atoms with E-state index < -0.39 is 10.0 Å². The summed E-state index contributed by atoms with van der Waals surface area (Å²) in [5.41, 5.74) is 0. The van der Waals surface area contributed by atoms with E-state index in [9.17, 15) is 8.42 Å². The zero-order chi connectivity index (χ0) is 14.5. The van der Waals surface area contributed by atoms with Crippen LogP contribution in [0, 0.1) is 0 Å². The zero-order valence-corrected chi connectivity index (χ0v) is 12.2. The summed E-state index contributed by atoms with van der Waals surface area (Å²) in [4.78, 5) is 7.92. The Morgan fingerprint density at radius 2 is 1.95 bits per heavy atom. The summed E-state index contributed by atoms with van der Waals surface area (Å²) in [6, 6.07) is -0.245. The average Bonchev–Trinajstić information content (AvgIpc) is 2.36. The number of hydrogen-bond acceptors (Lipinski definition) is 6. The molecule has 0 spiro atoms. The fourth-order valence-corrected chi connectivity index (χ4v) is 3.11. The van der Waals surface area contributed by atoms with Crippen LogP contribution in [-0.4, -0.2) is 53.5 Å². The highest BCUT2D eigenvalue weighted by atomic mass is 32.2. The first kappa shape index (κ1) is 15.8. The Morgan fingerprint density at radius 3 is 2.37 bits per heavy atom. The molecule has 8 heteroatoms. The monoisotopic (exact) mass is 288 g/mol. The Labute approximate surface area is 113 Å². The fourth-order valence-electron chi connectivity index (χ4n) is 1.59. The van der Waals surface area contributed by atoms with E-state index in [0.29, 0.717) is 12.5 Å². The van der Waals surface area contributed by atoms with E-state index in [-0.39, 0.29) is 24.1 Å². The third-order valence-corrected chi connectivity index (χ3v) is 4.49. The number of aromatic nitrogens is 2. The topological polar surface area (TPSA) is 95.4 Å². The SMILES string of the molecule is CCNc1ncc(S(=O)(=O)N(CCO)C(C)C)cn1. The first-order valence-electron chi connectivity index (χ1n) is 6.12. The van der Waals surface area contributed by atoms with Crippen LogP contribution in [0.15, 0.2) is 17.3 Å². The number of aliphatic hydroxyl groups is 1. The van der Waals surface area contributed by atoms with Gasteiger partial charge >= 0.3 is 0 Å². The van der Waals surface area contributed by atoms with Crippen molar-refractivity contribution in [3.8, 4) is 0 Å². The van der Waals surface area contributed by atoms with E-state index in [2.05, 4.69) is 15.3 Å². The third-order valence-electron chi connectivity index (χ3n) is 2.47. The largest absolute Gasteiger partial charge is 0.395 e. The van der Waals surface area contributed by atoms with Gasteiger partial charge < -0.3 is 10.4 Å². The van der Waals surface area contributed by atoms with Crippen LogP contribution in [0.3, 0.4) is 0 Å². The maximum atomic E-state index is 12.3. The summed E-state index contributed by atoms with van der Waals surface area (Å²) >= 11 is 0. The van der Waals surface area contributed by atoms with Gasteiger partial charge in [-0.15, -0.1) is 0 Å². The number of rotatable bonds is 7. The zero-order valence-electron chi connectivity index (χ0n) is 11.4. The molecule has 0 bridgehead atoms. The van der Waals surface area contributed by atoms with Crippen molar-refractivity contribution >= 4 is 16.0 Å². The molecular formula is C11H20N4O3S. The Hall–Kier alpha value is -1.25. The molecule has 1 aromatic heterocycles. The van der Waals surface area contributed by atoms with E-state index in [0.717, 1.165) is 0 Å². The van der Waals surface area contributed by atoms with Gasteiger partial charge in [-0.3, -0.25) is 0 Å². The van der Waals surface area contributed by atoms with Crippen molar-refractivity contribution in [2.45, 2.75) is 31.7 Å². The molecule has 0 atom stereocenters. The quantitative estimate of drug-likeness (QED) is 0.749. The molecular weight excluding hydrogens is 268 g/mol. The lowest BCUT2D eigenvalue weighted by Crippen LogP contribution is -2.39. The lowest BCUT2D eigenvalue weighted by molar-refractivity contribution is 0.236. The summed E-state index contributed by atoms with van der Waals surface area (Å²) in [5.74, 6) is 0.389. The molecule has 19 heavy (non-hydrogen) atoms. The maximum absolute atomic E-state index is 12.3. The molecule has 1 rings (SSSR count). The van der Waals surface area contributed by atoms with E-state index in [4.69, 9.17) is 5.11 Å². The van der Waals surface area contributed by atoms with Crippen LogP contribution in [0.1, 0.15) is 20.8 Å². The number of aliphatic hydroxyl groups excluding tert-OH is 1. The molecule has 7 nitrogen and oxygen atoms in total. The van der Waals surface area contributed by atoms with Crippen molar-refractivity contribution in [3.05, 3.63) is 12.4 Å². The Morgan fingerprint density at radius 1 is 1.37 bits per heavy atom. The standard InChI is InChI=1S/C11H20N4O3S/c1-4-12-11-13-7-10(8-14-11)19(17,18)15(5-6-16)9(2)3/h7-9,16H,4-6H2,1-3H3,(H,12,13,14). The molecule has 0 aliphatic heterocycles. The van der Waals surface area contributed by atoms with Gasteiger partial charge in [-0.05, 0) is 20.8 Å². The summed E-state index contributed by atoms with van der Waals surface area (Å²) in [6.45, 7) is 5.88. The predicted molar refractivity (Wildman–Crippen MR) is 72.3 cm³/mol. The molecule has 1 aromatic rings. The highest BCUT2D eigenvalue weighted by molar-refractivity contribution is 7.89. The summed E-state index contributed by atoms with van der Waals surface area (Å²) in [5, 5.41) is 11.9. The molecule has 0 aliphatic carbocycles. The number of nitrogens with one attached hydrogen (secondary N) is 1. The maximum Gasteiger partial charge on any atom is 0.246 e. The molecule has 0 amide bonds. The second-order valence-electron chi connectivity index (χ2n) is 4.21. The Bertz CT molecular complexity index is 487. The van der Waals surface area contributed by atoms with Gasteiger partial charge in [-0.25, -0.2) is 18.4 Å². The molecule has 108 valence electrons. The first-order chi connectivity index (χ1) is 8.93. The van der Waals surface area contributed by atoms with Crippen LogP contribution in [0.25, 0.3) is 0 Å². The van der Waals surface area contributed by atoms with E-state index in [1.807, 2.05) is 6.92 Å². The van der Waals surface area contributed by atoms with Crippen molar-refractivity contribution in [1.29, 1.82) is 0 Å². The molecule has 0 fully saturated rings. The van der Waals surface area contributed by atoms with E-state index >= 15 is 0 Å². The number of sulfonamides is 1. The number of hydrogen-bond donors (Lipinski definition) is 2. The van der Waals surface area contributed by atoms with E-state index in [1.54, 1.807) is 13.8 Å². The Kier molecular flexibility index (Phi) is 5.64. The van der Waals surface area contributed by atoms with Crippen molar-refractivity contribution in [3.63, 3.8) is 0 Å². The average molecular weight is 288 g/mol. The number of anilines is 1. The number of nitrogens with zero attached hydrogens (tertiary/aromatic N) is 3. The van der Waals surface area contributed by atoms with Crippen LogP contribution >= 0.6 is 0 Å². The lowest BCUT2D eigenvalue weighted by Gasteiger charge is -2.24. The summed E-state index contributed by atoms with van der Waals surface area (Å²) < 4.78 is 25.9. The van der Waals surface area contributed by atoms with Gasteiger partial charge in [0.1, 0.15) is 4.90 Å². The van der Waals surface area contributed by atoms with Crippen molar-refractivity contribution in [2.75, 3.05) is 25.0 Å². The third kappa shape index (κ3) is 3.85. The second-order valence-corrected chi connectivity index (χ2v) is 6.10. The van der Waals surface area contributed by atoms with Gasteiger partial charge in [-0.2, -0.15) is 4.31 Å². The fraction of sp³-hybridized carbons (Fsp3) is 0.636. The molecule has 0 unspecified atom stereocenters. The normalized spacial score (nSPS) is 12.1. The van der Waals surface area contributed by atoms with Crippen LogP contribution in [0.5, 0.6) is 0 Å². The minimum Gasteiger partial charge on any atom is -0.395 e. The van der Waals surface area contributed by atoms with Crippen molar-refractivity contribution in [2.24, 2.45) is 0 Å². The van der Waals surface area contributed by atoms with Gasteiger partial charge in [0.15, 0.2) is 0 Å². The molecule has 0 saturated carbocycles. The minimum absolute atomic E-state index is 0.0244. The molecule has 0 saturated heterocycles. The van der Waals surface area contributed by atoms with Crippen molar-refractivity contribution in [1.82, 2.24) is 14.3 Å². The Balaban J connectivity index is 3.04. The molecule has 0 radical (unpaired) electrons. The van der Waals surface area contributed by atoms with Crippen LogP contribution in [-0.2, 0) is 10.0 Å². The minimum atomic E-state index is -3.67. The predicted octanol–water partition coefficient (Wildman–Crippen LogP) is 0.300. The summed E-state index contributed by atoms with van der Waals surface area (Å²) in [6.07, 6.45) is 2.54. The molecule has 0 aliphatic rings.